The molecule has 0 saturated heterocycles. The van der Waals surface area contributed by atoms with Crippen molar-refractivity contribution in [1.82, 2.24) is 9.88 Å². The fourth-order valence-electron chi connectivity index (χ4n) is 10.0. The molecule has 10 nitrogen and oxygen atoms in total. The number of nitrogens with one attached hydrogen (secondary N) is 1. The maximum Gasteiger partial charge on any atom is 0.329 e. The number of hydrogen-bond donors (Lipinski definition) is 2. The van der Waals surface area contributed by atoms with Gasteiger partial charge >= 0.3 is 5.97 Å². The predicted octanol–water partition coefficient (Wildman–Crippen LogP) is 8.18. The summed E-state index contributed by atoms with van der Waals surface area (Å²) < 4.78 is 30.5. The van der Waals surface area contributed by atoms with Crippen molar-refractivity contribution < 1.29 is 33.6 Å². The van der Waals surface area contributed by atoms with E-state index in [1.165, 1.54) is 28.8 Å². The highest BCUT2D eigenvalue weighted by Crippen LogP contribution is 2.58. The van der Waals surface area contributed by atoms with Crippen molar-refractivity contribution >= 4 is 23.3 Å². The summed E-state index contributed by atoms with van der Waals surface area (Å²) in [7, 11) is 3.46. The van der Waals surface area contributed by atoms with Crippen molar-refractivity contribution in [3.63, 3.8) is 0 Å². The van der Waals surface area contributed by atoms with Crippen molar-refractivity contribution in [3.8, 4) is 17.2 Å². The highest BCUT2D eigenvalue weighted by molar-refractivity contribution is 6.30. The van der Waals surface area contributed by atoms with E-state index in [1.54, 1.807) is 26.4 Å². The van der Waals surface area contributed by atoms with Crippen LogP contribution in [0, 0.1) is 17.8 Å². The summed E-state index contributed by atoms with van der Waals surface area (Å²) in [6, 6.07) is 13.9. The highest BCUT2D eigenvalue weighted by atomic mass is 35.5. The van der Waals surface area contributed by atoms with Gasteiger partial charge in [0.2, 0.25) is 0 Å². The number of benzene rings is 2. The summed E-state index contributed by atoms with van der Waals surface area (Å²) in [6.45, 7) is 10.1. The van der Waals surface area contributed by atoms with Crippen LogP contribution in [-0.4, -0.2) is 93.4 Å². The smallest absolute Gasteiger partial charge is 0.329 e. The lowest BCUT2D eigenvalue weighted by molar-refractivity contribution is -0.144. The third-order valence-corrected chi connectivity index (χ3v) is 13.3. The third-order valence-electron chi connectivity index (χ3n) is 13.0. The van der Waals surface area contributed by atoms with Gasteiger partial charge in [0.05, 0.1) is 33.0 Å². The van der Waals surface area contributed by atoms with E-state index in [1.807, 2.05) is 24.4 Å². The molecule has 1 saturated carbocycles. The molecule has 2 N–H and O–H groups in total. The van der Waals surface area contributed by atoms with Gasteiger partial charge in [-0.3, -0.25) is 9.88 Å². The van der Waals surface area contributed by atoms with Crippen LogP contribution in [-0.2, 0) is 32.5 Å². The number of halogens is 1. The Kier molecular flexibility index (Phi) is 13.0. The first-order chi connectivity index (χ1) is 27.1. The van der Waals surface area contributed by atoms with E-state index < -0.39 is 11.5 Å². The molecule has 2 heterocycles. The zero-order valence-corrected chi connectivity index (χ0v) is 34.4. The maximum absolute atomic E-state index is 13.1. The quantitative estimate of drug-likeness (QED) is 0.147. The molecule has 0 amide bonds. The molecule has 3 aromatic rings. The van der Waals surface area contributed by atoms with Gasteiger partial charge in [0, 0.05) is 67.9 Å². The summed E-state index contributed by atoms with van der Waals surface area (Å²) in [5.41, 5.74) is 4.47. The topological polar surface area (TPSA) is 112 Å². The Hall–Kier alpha value is -3.57. The Morgan fingerprint density at radius 1 is 1.05 bits per heavy atom. The van der Waals surface area contributed by atoms with E-state index in [2.05, 4.69) is 41.2 Å². The number of aromatic nitrogens is 1. The third kappa shape index (κ3) is 8.79. The molecule has 1 aliphatic heterocycles. The van der Waals surface area contributed by atoms with E-state index in [0.29, 0.717) is 62.7 Å². The second kappa shape index (κ2) is 17.9. The molecule has 4 aliphatic rings. The summed E-state index contributed by atoms with van der Waals surface area (Å²) in [4.78, 5) is 20.1. The number of aliphatic carboxylic acids is 1. The number of pyridine rings is 1. The number of fused-ring (bicyclic) bond motifs is 4. The Morgan fingerprint density at radius 3 is 2.48 bits per heavy atom. The van der Waals surface area contributed by atoms with Crippen LogP contribution in [0.5, 0.6) is 17.2 Å². The molecule has 2 aromatic carbocycles. The van der Waals surface area contributed by atoms with Gasteiger partial charge < -0.3 is 34.1 Å². The summed E-state index contributed by atoms with van der Waals surface area (Å²) in [5, 5.41) is 14.7. The van der Waals surface area contributed by atoms with Crippen molar-refractivity contribution in [1.29, 1.82) is 0 Å². The summed E-state index contributed by atoms with van der Waals surface area (Å²) in [6.07, 6.45) is 9.58. The van der Waals surface area contributed by atoms with Gasteiger partial charge in [-0.25, -0.2) is 4.79 Å². The van der Waals surface area contributed by atoms with Crippen LogP contribution < -0.4 is 19.5 Å². The van der Waals surface area contributed by atoms with Crippen LogP contribution in [0.2, 0.25) is 5.02 Å². The Balaban J connectivity index is 1.12. The van der Waals surface area contributed by atoms with Gasteiger partial charge in [0.15, 0.2) is 11.5 Å². The largest absolute Gasteiger partial charge is 0.493 e. The molecule has 11 heteroatoms. The van der Waals surface area contributed by atoms with Crippen molar-refractivity contribution in [2.45, 2.75) is 88.5 Å². The van der Waals surface area contributed by atoms with E-state index in [-0.39, 0.29) is 17.3 Å². The van der Waals surface area contributed by atoms with Crippen LogP contribution >= 0.6 is 11.6 Å². The highest BCUT2D eigenvalue weighted by Gasteiger charge is 2.54. The SMILES string of the molecule is COCCN(CCOC)CC1COc2cc3c(cc2OC1)C1(CCC(Nc2cccc(Cl)c2)(C(=O)O)CC1)[C@@H](C[C@@H](C)COc1ccnc2c1[C@H](C)CCC2)C3. The van der Waals surface area contributed by atoms with Gasteiger partial charge in [0.25, 0.3) is 0 Å². The van der Waals surface area contributed by atoms with Gasteiger partial charge in [-0.15, -0.1) is 0 Å². The first-order valence-electron chi connectivity index (χ1n) is 20.6. The van der Waals surface area contributed by atoms with Crippen LogP contribution in [0.25, 0.3) is 0 Å². The lowest BCUT2D eigenvalue weighted by Crippen LogP contribution is -2.53. The minimum Gasteiger partial charge on any atom is -0.493 e. The molecule has 1 unspecified atom stereocenters. The number of anilines is 1. The maximum atomic E-state index is 13.1. The number of aryl methyl sites for hydroxylation is 1. The number of nitrogens with zero attached hydrogens (tertiary/aromatic N) is 2. The summed E-state index contributed by atoms with van der Waals surface area (Å²) >= 11 is 6.32. The molecule has 1 aromatic heterocycles. The van der Waals surface area contributed by atoms with E-state index >= 15 is 0 Å². The molecule has 304 valence electrons. The van der Waals surface area contributed by atoms with Crippen LogP contribution in [0.15, 0.2) is 48.7 Å². The lowest BCUT2D eigenvalue weighted by Gasteiger charge is -2.47. The Bertz CT molecular complexity index is 1810. The molecule has 7 rings (SSSR count). The van der Waals surface area contributed by atoms with Gasteiger partial charge in [0.1, 0.15) is 11.3 Å². The average Bonchev–Trinajstić information content (AvgIpc) is 3.31. The van der Waals surface area contributed by atoms with E-state index in [0.717, 1.165) is 81.1 Å². The second-order valence-electron chi connectivity index (χ2n) is 16.9. The molecule has 56 heavy (non-hydrogen) atoms. The lowest BCUT2D eigenvalue weighted by atomic mass is 9.59. The van der Waals surface area contributed by atoms with Crippen LogP contribution in [0.4, 0.5) is 5.69 Å². The minimum atomic E-state index is -1.09. The van der Waals surface area contributed by atoms with Crippen molar-refractivity contribution in [2.24, 2.45) is 17.8 Å². The zero-order valence-electron chi connectivity index (χ0n) is 33.6. The normalized spacial score (nSPS) is 26.0. The standard InChI is InChI=1S/C45H60ClN3O7/c1-30(27-54-39-11-16-47-38-10-5-7-31(2)42(38)39)21-34-22-33-23-40-41(56-29-32(28-55-40)26-49(17-19-52-3)18-20-53-4)25-37(33)44(34)12-14-45(15-13-44,43(50)51)48-36-9-6-8-35(46)24-36/h6,8-9,11,16,23-25,30-32,34,48H,5,7,10,12-15,17-22,26-29H2,1-4H3,(H,50,51)/t30-,31-,32?,34+,44?,45?/m1/s1. The number of carbonyl (C=O) groups is 1. The molecule has 0 bridgehead atoms. The fraction of sp³-hybridized carbons (Fsp3) is 0.600. The number of methoxy groups -OCH3 is 2. The van der Waals surface area contributed by atoms with Gasteiger partial charge in [-0.2, -0.15) is 0 Å². The number of carboxylic acid groups (broad SMARTS) is 1. The average molecular weight is 790 g/mol. The van der Waals surface area contributed by atoms with E-state index in [9.17, 15) is 9.90 Å². The first-order valence-corrected chi connectivity index (χ1v) is 21.0. The minimum absolute atomic E-state index is 0.186. The monoisotopic (exact) mass is 789 g/mol. The molecule has 3 aliphatic carbocycles. The molecule has 1 spiro atoms. The van der Waals surface area contributed by atoms with E-state index in [4.69, 9.17) is 35.3 Å². The first kappa shape index (κ1) is 40.6. The number of ether oxygens (including phenoxy) is 5. The van der Waals surface area contributed by atoms with Crippen LogP contribution in [0.3, 0.4) is 0 Å². The number of hydrogen-bond acceptors (Lipinski definition) is 9. The predicted molar refractivity (Wildman–Crippen MR) is 219 cm³/mol. The van der Waals surface area contributed by atoms with Crippen molar-refractivity contribution in [2.75, 3.05) is 72.2 Å². The summed E-state index contributed by atoms with van der Waals surface area (Å²) in [5.74, 6) is 2.97. The molecular weight excluding hydrogens is 730 g/mol. The Labute approximate surface area is 337 Å². The van der Waals surface area contributed by atoms with Crippen LogP contribution in [0.1, 0.15) is 87.1 Å². The van der Waals surface area contributed by atoms with Gasteiger partial charge in [-0.1, -0.05) is 31.5 Å². The van der Waals surface area contributed by atoms with Gasteiger partial charge in [-0.05, 0) is 128 Å². The Morgan fingerprint density at radius 2 is 1.79 bits per heavy atom. The number of carboxylic acids is 1. The van der Waals surface area contributed by atoms with Crippen molar-refractivity contribution in [3.05, 3.63) is 76.1 Å². The molecule has 4 atom stereocenters. The molecule has 1 fully saturated rings. The number of rotatable bonds is 16. The zero-order chi connectivity index (χ0) is 39.3. The molecular formula is C45H60ClN3O7. The molecule has 0 radical (unpaired) electrons. The second-order valence-corrected chi connectivity index (χ2v) is 17.4. The fourth-order valence-corrected chi connectivity index (χ4v) is 10.2.